The van der Waals surface area contributed by atoms with Crippen LogP contribution in [-0.2, 0) is 20.7 Å². The van der Waals surface area contributed by atoms with Gasteiger partial charge in [-0.2, -0.15) is 8.78 Å². The number of carbonyl (C=O) groups is 2. The monoisotopic (exact) mass is 365 g/mol. The van der Waals surface area contributed by atoms with Crippen LogP contribution >= 0.6 is 11.8 Å². The van der Waals surface area contributed by atoms with E-state index >= 15 is 0 Å². The van der Waals surface area contributed by atoms with E-state index in [-0.39, 0.29) is 6.42 Å². The summed E-state index contributed by atoms with van der Waals surface area (Å²) in [6.45, 7) is 1.55. The second-order valence-electron chi connectivity index (χ2n) is 5.27. The van der Waals surface area contributed by atoms with E-state index in [9.17, 15) is 18.4 Å². The lowest BCUT2D eigenvalue weighted by Gasteiger charge is -2.08. The van der Waals surface area contributed by atoms with Crippen LogP contribution in [0.1, 0.15) is 11.1 Å². The fraction of sp³-hybridized carbons (Fsp3) is 0.222. The molecule has 0 bridgehead atoms. The summed E-state index contributed by atoms with van der Waals surface area (Å²) in [7, 11) is 0. The van der Waals surface area contributed by atoms with Crippen molar-refractivity contribution in [1.29, 1.82) is 0 Å². The van der Waals surface area contributed by atoms with Gasteiger partial charge in [-0.25, -0.2) is 0 Å². The van der Waals surface area contributed by atoms with Gasteiger partial charge in [0.2, 0.25) is 0 Å². The number of carbonyl (C=O) groups excluding carboxylic acids is 2. The van der Waals surface area contributed by atoms with Gasteiger partial charge in [-0.3, -0.25) is 9.59 Å². The smallest absolute Gasteiger partial charge is 0.310 e. The number of hydrogen-bond acceptors (Lipinski definition) is 4. The summed E-state index contributed by atoms with van der Waals surface area (Å²) in [4.78, 5) is 23.9. The van der Waals surface area contributed by atoms with Crippen molar-refractivity contribution in [1.82, 2.24) is 0 Å². The number of ether oxygens (including phenoxy) is 1. The number of halogens is 2. The Bertz CT molecular complexity index is 718. The molecule has 0 atom stereocenters. The van der Waals surface area contributed by atoms with Gasteiger partial charge in [0.05, 0.1) is 6.42 Å². The van der Waals surface area contributed by atoms with E-state index < -0.39 is 24.2 Å². The Morgan fingerprint density at radius 2 is 1.72 bits per heavy atom. The van der Waals surface area contributed by atoms with Gasteiger partial charge in [-0.1, -0.05) is 41.6 Å². The first-order valence-corrected chi connectivity index (χ1v) is 8.36. The molecular formula is C18H17F2NO3S. The fourth-order valence-electron chi connectivity index (χ4n) is 1.99. The number of benzene rings is 2. The lowest BCUT2D eigenvalue weighted by molar-refractivity contribution is -0.146. The van der Waals surface area contributed by atoms with Crippen LogP contribution in [0.15, 0.2) is 53.4 Å². The normalized spacial score (nSPS) is 10.6. The fourth-order valence-corrected chi connectivity index (χ4v) is 2.49. The lowest BCUT2D eigenvalue weighted by Crippen LogP contribution is -2.21. The Kier molecular flexibility index (Phi) is 6.94. The van der Waals surface area contributed by atoms with Gasteiger partial charge in [0.1, 0.15) is 0 Å². The van der Waals surface area contributed by atoms with E-state index in [0.717, 1.165) is 11.1 Å². The molecule has 0 aliphatic rings. The van der Waals surface area contributed by atoms with E-state index in [2.05, 4.69) is 5.32 Å². The molecule has 0 saturated carbocycles. The molecular weight excluding hydrogens is 348 g/mol. The topological polar surface area (TPSA) is 55.4 Å². The number of amides is 1. The molecule has 0 fully saturated rings. The third kappa shape index (κ3) is 6.93. The highest BCUT2D eigenvalue weighted by atomic mass is 32.2. The first-order chi connectivity index (χ1) is 11.9. The largest absolute Gasteiger partial charge is 0.455 e. The zero-order chi connectivity index (χ0) is 18.2. The highest BCUT2D eigenvalue weighted by Crippen LogP contribution is 2.26. The number of anilines is 1. The number of aryl methyl sites for hydroxylation is 1. The first kappa shape index (κ1) is 18.9. The average Bonchev–Trinajstić information content (AvgIpc) is 2.56. The molecule has 1 N–H and O–H groups in total. The molecule has 7 heteroatoms. The molecule has 0 saturated heterocycles. The van der Waals surface area contributed by atoms with E-state index in [1.165, 1.54) is 24.3 Å². The predicted octanol–water partition coefficient (Wildman–Crippen LogP) is 4.03. The average molecular weight is 365 g/mol. The Morgan fingerprint density at radius 3 is 2.32 bits per heavy atom. The van der Waals surface area contributed by atoms with Crippen LogP contribution in [0.2, 0.25) is 0 Å². The van der Waals surface area contributed by atoms with Gasteiger partial charge in [-0.15, -0.1) is 0 Å². The molecule has 2 aromatic rings. The molecule has 0 unspecified atom stereocenters. The summed E-state index contributed by atoms with van der Waals surface area (Å²) in [6, 6.07) is 13.4. The Hall–Kier alpha value is -2.41. The van der Waals surface area contributed by atoms with Crippen LogP contribution in [0.3, 0.4) is 0 Å². The quantitative estimate of drug-likeness (QED) is 0.594. The van der Waals surface area contributed by atoms with Crippen molar-refractivity contribution in [2.45, 2.75) is 24.0 Å². The van der Waals surface area contributed by atoms with Crippen LogP contribution in [0.5, 0.6) is 0 Å². The molecule has 0 heterocycles. The number of thioether (sulfide) groups is 1. The summed E-state index contributed by atoms with van der Waals surface area (Å²) in [6.07, 6.45) is 0.0904. The van der Waals surface area contributed by atoms with Crippen LogP contribution < -0.4 is 5.32 Å². The zero-order valence-corrected chi connectivity index (χ0v) is 14.3. The Labute approximate surface area is 148 Å². The minimum absolute atomic E-state index is 0.0904. The second kappa shape index (κ2) is 9.17. The van der Waals surface area contributed by atoms with Gasteiger partial charge in [0.25, 0.3) is 11.7 Å². The van der Waals surface area contributed by atoms with Crippen LogP contribution in [0.25, 0.3) is 0 Å². The van der Waals surface area contributed by atoms with Gasteiger partial charge in [0.15, 0.2) is 6.61 Å². The van der Waals surface area contributed by atoms with Crippen LogP contribution in [0, 0.1) is 6.92 Å². The zero-order valence-electron chi connectivity index (χ0n) is 13.5. The number of nitrogens with one attached hydrogen (secondary N) is 1. The molecule has 0 spiro atoms. The molecule has 1 amide bonds. The van der Waals surface area contributed by atoms with E-state index in [4.69, 9.17) is 4.74 Å². The van der Waals surface area contributed by atoms with Crippen LogP contribution in [-0.4, -0.2) is 24.2 Å². The summed E-state index contributed by atoms with van der Waals surface area (Å²) in [5.41, 5.74) is 2.34. The molecule has 2 rings (SSSR count). The number of rotatable bonds is 7. The minimum Gasteiger partial charge on any atom is -0.455 e. The van der Waals surface area contributed by atoms with Crippen molar-refractivity contribution in [2.75, 3.05) is 11.9 Å². The molecule has 0 aliphatic carbocycles. The molecule has 2 aromatic carbocycles. The van der Waals surface area contributed by atoms with Crippen molar-refractivity contribution in [3.8, 4) is 0 Å². The minimum atomic E-state index is -2.49. The first-order valence-electron chi connectivity index (χ1n) is 7.48. The summed E-state index contributed by atoms with van der Waals surface area (Å²) < 4.78 is 29.4. The third-order valence-electron chi connectivity index (χ3n) is 3.20. The van der Waals surface area contributed by atoms with Crippen LogP contribution in [0.4, 0.5) is 14.5 Å². The molecule has 0 aromatic heterocycles. The number of alkyl halides is 2. The maximum Gasteiger partial charge on any atom is 0.310 e. The van der Waals surface area contributed by atoms with Gasteiger partial charge < -0.3 is 10.1 Å². The van der Waals surface area contributed by atoms with Gasteiger partial charge in [0, 0.05) is 10.6 Å². The number of esters is 1. The predicted molar refractivity (Wildman–Crippen MR) is 92.8 cm³/mol. The van der Waals surface area contributed by atoms with Crippen molar-refractivity contribution < 1.29 is 23.1 Å². The molecule has 25 heavy (non-hydrogen) atoms. The Morgan fingerprint density at radius 1 is 1.08 bits per heavy atom. The molecule has 0 radical (unpaired) electrons. The van der Waals surface area contributed by atoms with Crippen molar-refractivity contribution in [2.24, 2.45) is 0 Å². The highest BCUT2D eigenvalue weighted by Gasteiger charge is 2.10. The van der Waals surface area contributed by atoms with E-state index in [1.807, 2.05) is 31.2 Å². The third-order valence-corrected chi connectivity index (χ3v) is 3.92. The molecule has 132 valence electrons. The summed E-state index contributed by atoms with van der Waals surface area (Å²) >= 11 is 0.427. The van der Waals surface area contributed by atoms with E-state index in [0.29, 0.717) is 22.3 Å². The SMILES string of the molecule is Cc1ccc(CC(=O)OCC(=O)Nc2ccc(SC(F)F)cc2)cc1. The Balaban J connectivity index is 1.76. The molecule has 4 nitrogen and oxygen atoms in total. The van der Waals surface area contributed by atoms with Crippen molar-refractivity contribution in [3.05, 3.63) is 59.7 Å². The maximum absolute atomic E-state index is 12.2. The standard InChI is InChI=1S/C18H17F2NO3S/c1-12-2-4-13(5-3-12)10-17(23)24-11-16(22)21-14-6-8-15(9-7-14)25-18(19)20/h2-9,18H,10-11H2,1H3,(H,21,22). The van der Waals surface area contributed by atoms with Gasteiger partial charge in [-0.05, 0) is 36.8 Å². The van der Waals surface area contributed by atoms with Crippen molar-refractivity contribution >= 4 is 29.3 Å². The summed E-state index contributed by atoms with van der Waals surface area (Å²) in [5.74, 6) is -3.48. The van der Waals surface area contributed by atoms with Crippen molar-refractivity contribution in [3.63, 3.8) is 0 Å². The van der Waals surface area contributed by atoms with E-state index in [1.54, 1.807) is 0 Å². The maximum atomic E-state index is 12.2. The lowest BCUT2D eigenvalue weighted by atomic mass is 10.1. The second-order valence-corrected chi connectivity index (χ2v) is 6.34. The number of hydrogen-bond donors (Lipinski definition) is 1. The molecule has 0 aliphatic heterocycles. The highest BCUT2D eigenvalue weighted by molar-refractivity contribution is 7.99. The van der Waals surface area contributed by atoms with Gasteiger partial charge >= 0.3 is 5.97 Å². The summed E-state index contributed by atoms with van der Waals surface area (Å²) in [5, 5.41) is 2.54.